The van der Waals surface area contributed by atoms with Crippen molar-refractivity contribution in [1.82, 2.24) is 0 Å². The molecule has 0 heterocycles. The van der Waals surface area contributed by atoms with Gasteiger partial charge in [0.05, 0.1) is 0 Å². The molecule has 19 heavy (non-hydrogen) atoms. The summed E-state index contributed by atoms with van der Waals surface area (Å²) in [5, 5.41) is 0. The molecular weight excluding hydrogens is 232 g/mol. The van der Waals surface area contributed by atoms with Crippen molar-refractivity contribution < 1.29 is 4.74 Å². The Kier molecular flexibility index (Phi) is 3.86. The van der Waals surface area contributed by atoms with E-state index in [1.165, 1.54) is 5.56 Å². The van der Waals surface area contributed by atoms with E-state index in [4.69, 9.17) is 4.74 Å². The summed E-state index contributed by atoms with van der Waals surface area (Å²) >= 11 is 0. The highest BCUT2D eigenvalue weighted by atomic mass is 16.5. The SMILES string of the molecule is C=Cc1cccc(C(=C)Oc2cc(C)ccc2C)c1. The lowest BCUT2D eigenvalue weighted by atomic mass is 10.1. The fourth-order valence-corrected chi connectivity index (χ4v) is 1.85. The number of rotatable bonds is 4. The lowest BCUT2D eigenvalue weighted by Crippen LogP contribution is -1.96. The Morgan fingerprint density at radius 1 is 1.11 bits per heavy atom. The standard InChI is InChI=1S/C18H18O/c1-5-16-7-6-8-17(12-16)15(4)19-18-11-13(2)9-10-14(18)3/h5-12H,1,4H2,2-3H3. The highest BCUT2D eigenvalue weighted by Crippen LogP contribution is 2.25. The minimum Gasteiger partial charge on any atom is -0.457 e. The number of hydrogen-bond acceptors (Lipinski definition) is 1. The minimum absolute atomic E-state index is 0.650. The number of benzene rings is 2. The Morgan fingerprint density at radius 2 is 1.89 bits per heavy atom. The molecule has 1 heteroatoms. The quantitative estimate of drug-likeness (QED) is 0.694. The van der Waals surface area contributed by atoms with E-state index < -0.39 is 0 Å². The molecular formula is C18H18O. The van der Waals surface area contributed by atoms with Crippen LogP contribution < -0.4 is 4.74 Å². The highest BCUT2D eigenvalue weighted by molar-refractivity contribution is 5.64. The van der Waals surface area contributed by atoms with Gasteiger partial charge in [0.15, 0.2) is 0 Å². The van der Waals surface area contributed by atoms with Crippen molar-refractivity contribution in [1.29, 1.82) is 0 Å². The van der Waals surface area contributed by atoms with E-state index >= 15 is 0 Å². The van der Waals surface area contributed by atoms with Gasteiger partial charge in [0.1, 0.15) is 11.5 Å². The first-order chi connectivity index (χ1) is 9.10. The van der Waals surface area contributed by atoms with Gasteiger partial charge in [-0.2, -0.15) is 0 Å². The van der Waals surface area contributed by atoms with Gasteiger partial charge in [0, 0.05) is 5.56 Å². The smallest absolute Gasteiger partial charge is 0.130 e. The number of ether oxygens (including phenoxy) is 1. The van der Waals surface area contributed by atoms with Gasteiger partial charge in [0.2, 0.25) is 0 Å². The van der Waals surface area contributed by atoms with Gasteiger partial charge in [-0.25, -0.2) is 0 Å². The van der Waals surface area contributed by atoms with Crippen LogP contribution in [0, 0.1) is 13.8 Å². The third kappa shape index (κ3) is 3.14. The van der Waals surface area contributed by atoms with E-state index in [0.29, 0.717) is 5.76 Å². The monoisotopic (exact) mass is 250 g/mol. The molecule has 0 spiro atoms. The summed E-state index contributed by atoms with van der Waals surface area (Å²) in [5.74, 6) is 1.51. The predicted octanol–water partition coefficient (Wildman–Crippen LogP) is 5.00. The molecule has 0 saturated carbocycles. The lowest BCUT2D eigenvalue weighted by molar-refractivity contribution is 0.512. The average Bonchev–Trinajstić information content (AvgIpc) is 2.43. The number of aryl methyl sites for hydroxylation is 2. The third-order valence-electron chi connectivity index (χ3n) is 3.02. The van der Waals surface area contributed by atoms with E-state index in [-0.39, 0.29) is 0 Å². The van der Waals surface area contributed by atoms with Crippen LogP contribution in [0.4, 0.5) is 0 Å². The van der Waals surface area contributed by atoms with Crippen molar-refractivity contribution in [2.75, 3.05) is 0 Å². The summed E-state index contributed by atoms with van der Waals surface area (Å²) in [6.45, 7) is 11.9. The Morgan fingerprint density at radius 3 is 2.63 bits per heavy atom. The average molecular weight is 250 g/mol. The molecule has 2 aromatic carbocycles. The van der Waals surface area contributed by atoms with E-state index in [9.17, 15) is 0 Å². The van der Waals surface area contributed by atoms with Crippen molar-refractivity contribution in [3.63, 3.8) is 0 Å². The van der Waals surface area contributed by atoms with Crippen LogP contribution in [0.2, 0.25) is 0 Å². The summed E-state index contributed by atoms with van der Waals surface area (Å²) in [4.78, 5) is 0. The summed E-state index contributed by atoms with van der Waals surface area (Å²) in [6.07, 6.45) is 1.81. The number of hydrogen-bond donors (Lipinski definition) is 0. The fourth-order valence-electron chi connectivity index (χ4n) is 1.85. The van der Waals surface area contributed by atoms with Crippen LogP contribution in [-0.4, -0.2) is 0 Å². The molecule has 1 nitrogen and oxygen atoms in total. The van der Waals surface area contributed by atoms with Gasteiger partial charge in [-0.15, -0.1) is 0 Å². The van der Waals surface area contributed by atoms with E-state index in [1.54, 1.807) is 0 Å². The zero-order valence-electron chi connectivity index (χ0n) is 11.4. The van der Waals surface area contributed by atoms with Crippen LogP contribution in [0.15, 0.2) is 55.6 Å². The zero-order chi connectivity index (χ0) is 13.8. The second kappa shape index (κ2) is 5.57. The summed E-state index contributed by atoms with van der Waals surface area (Å²) < 4.78 is 5.88. The molecule has 0 bridgehead atoms. The summed E-state index contributed by atoms with van der Waals surface area (Å²) in [6, 6.07) is 14.1. The van der Waals surface area contributed by atoms with Crippen LogP contribution in [0.3, 0.4) is 0 Å². The molecule has 0 fully saturated rings. The van der Waals surface area contributed by atoms with Crippen molar-refractivity contribution in [3.05, 3.63) is 77.9 Å². The molecule has 0 unspecified atom stereocenters. The third-order valence-corrected chi connectivity index (χ3v) is 3.02. The topological polar surface area (TPSA) is 9.23 Å². The van der Waals surface area contributed by atoms with Crippen LogP contribution in [-0.2, 0) is 0 Å². The van der Waals surface area contributed by atoms with Gasteiger partial charge < -0.3 is 4.74 Å². The lowest BCUT2D eigenvalue weighted by Gasteiger charge is -2.12. The molecule has 0 aliphatic rings. The Bertz CT molecular complexity index is 623. The van der Waals surface area contributed by atoms with Gasteiger partial charge >= 0.3 is 0 Å². The summed E-state index contributed by atoms with van der Waals surface area (Å²) in [7, 11) is 0. The molecule has 0 aromatic heterocycles. The Balaban J connectivity index is 2.25. The largest absolute Gasteiger partial charge is 0.457 e. The van der Waals surface area contributed by atoms with Crippen LogP contribution in [0.1, 0.15) is 22.3 Å². The van der Waals surface area contributed by atoms with Gasteiger partial charge in [-0.05, 0) is 42.7 Å². The molecule has 0 atom stereocenters. The molecule has 0 radical (unpaired) electrons. The van der Waals surface area contributed by atoms with E-state index in [2.05, 4.69) is 25.3 Å². The highest BCUT2D eigenvalue weighted by Gasteiger charge is 2.05. The molecule has 0 amide bonds. The van der Waals surface area contributed by atoms with Crippen molar-refractivity contribution >= 4 is 11.8 Å². The molecule has 96 valence electrons. The second-order valence-corrected chi connectivity index (χ2v) is 4.62. The van der Waals surface area contributed by atoms with Crippen LogP contribution in [0.25, 0.3) is 11.8 Å². The molecule has 0 saturated heterocycles. The maximum Gasteiger partial charge on any atom is 0.130 e. The fraction of sp³-hybridized carbons (Fsp3) is 0.111. The van der Waals surface area contributed by atoms with Gasteiger partial charge in [0.25, 0.3) is 0 Å². The maximum absolute atomic E-state index is 5.88. The molecule has 0 aliphatic carbocycles. The second-order valence-electron chi connectivity index (χ2n) is 4.62. The van der Waals surface area contributed by atoms with Crippen molar-refractivity contribution in [2.45, 2.75) is 13.8 Å². The normalized spacial score (nSPS) is 10.0. The molecule has 2 rings (SSSR count). The Labute approximate surface area is 114 Å². The van der Waals surface area contributed by atoms with Gasteiger partial charge in [-0.3, -0.25) is 0 Å². The van der Waals surface area contributed by atoms with Crippen molar-refractivity contribution in [3.8, 4) is 5.75 Å². The van der Waals surface area contributed by atoms with E-state index in [1.807, 2.05) is 50.3 Å². The first kappa shape index (κ1) is 13.2. The maximum atomic E-state index is 5.88. The van der Waals surface area contributed by atoms with Crippen LogP contribution >= 0.6 is 0 Å². The first-order valence-electron chi connectivity index (χ1n) is 6.27. The first-order valence-corrected chi connectivity index (χ1v) is 6.27. The molecule has 2 aromatic rings. The predicted molar refractivity (Wildman–Crippen MR) is 82.1 cm³/mol. The Hall–Kier alpha value is -2.28. The van der Waals surface area contributed by atoms with Crippen molar-refractivity contribution in [2.24, 2.45) is 0 Å². The van der Waals surface area contributed by atoms with Gasteiger partial charge in [-0.1, -0.05) is 49.6 Å². The summed E-state index contributed by atoms with van der Waals surface area (Å²) in [5.41, 5.74) is 4.31. The zero-order valence-corrected chi connectivity index (χ0v) is 11.4. The minimum atomic E-state index is 0.650. The van der Waals surface area contributed by atoms with Crippen LogP contribution in [0.5, 0.6) is 5.75 Å². The van der Waals surface area contributed by atoms with E-state index in [0.717, 1.165) is 22.4 Å². The molecule has 0 aliphatic heterocycles. The molecule has 0 N–H and O–H groups in total.